The smallest absolute Gasteiger partial charge is 0.266 e. The van der Waals surface area contributed by atoms with Crippen LogP contribution in [0.15, 0.2) is 47.0 Å². The van der Waals surface area contributed by atoms with Gasteiger partial charge < -0.3 is 9.73 Å². The van der Waals surface area contributed by atoms with Gasteiger partial charge in [-0.1, -0.05) is 18.9 Å². The number of pyridine rings is 1. The maximum absolute atomic E-state index is 12.9. The van der Waals surface area contributed by atoms with Gasteiger partial charge in [-0.3, -0.25) is 4.98 Å². The van der Waals surface area contributed by atoms with Crippen molar-refractivity contribution in [1.82, 2.24) is 15.2 Å². The molecule has 0 atom stereocenters. The van der Waals surface area contributed by atoms with Gasteiger partial charge in [0, 0.05) is 11.9 Å². The van der Waals surface area contributed by atoms with E-state index in [-0.39, 0.29) is 5.82 Å². The summed E-state index contributed by atoms with van der Waals surface area (Å²) in [4.78, 5) is 4.48. The fourth-order valence-corrected chi connectivity index (χ4v) is 3.33. The molecule has 0 radical (unpaired) electrons. The second-order valence-electron chi connectivity index (χ2n) is 6.28. The Morgan fingerprint density at radius 2 is 1.88 bits per heavy atom. The first-order valence-corrected chi connectivity index (χ1v) is 8.57. The molecule has 2 heterocycles. The monoisotopic (exact) mass is 338 g/mol. The zero-order chi connectivity index (χ0) is 17.1. The summed E-state index contributed by atoms with van der Waals surface area (Å²) in [5.74, 6) is 1.19. The third kappa shape index (κ3) is 3.52. The van der Waals surface area contributed by atoms with Gasteiger partial charge in [-0.25, -0.2) is 4.39 Å². The Kier molecular flexibility index (Phi) is 4.41. The summed E-state index contributed by atoms with van der Waals surface area (Å²) >= 11 is 0. The van der Waals surface area contributed by atoms with Crippen molar-refractivity contribution in [2.75, 3.05) is 5.32 Å². The number of rotatable bonds is 5. The molecular formula is C19H19FN4O. The predicted octanol–water partition coefficient (Wildman–Crippen LogP) is 4.54. The first-order valence-electron chi connectivity index (χ1n) is 8.57. The number of nitrogens with zero attached hydrogens (tertiary/aromatic N) is 3. The molecule has 1 aromatic carbocycles. The Morgan fingerprint density at radius 3 is 2.68 bits per heavy atom. The molecule has 4 rings (SSSR count). The number of hydrogen-bond donors (Lipinski definition) is 1. The molecule has 1 fully saturated rings. The lowest BCUT2D eigenvalue weighted by molar-refractivity contribution is 0.512. The van der Waals surface area contributed by atoms with Crippen LogP contribution >= 0.6 is 0 Å². The highest BCUT2D eigenvalue weighted by molar-refractivity contribution is 5.54. The average molecular weight is 338 g/mol. The molecule has 0 saturated heterocycles. The van der Waals surface area contributed by atoms with E-state index in [1.807, 2.05) is 6.07 Å². The van der Waals surface area contributed by atoms with Crippen LogP contribution in [0.1, 0.15) is 43.1 Å². The van der Waals surface area contributed by atoms with Crippen LogP contribution in [0.25, 0.3) is 11.6 Å². The molecule has 3 aromatic rings. The number of benzene rings is 1. The first-order chi connectivity index (χ1) is 12.3. The molecule has 0 amide bonds. The van der Waals surface area contributed by atoms with Gasteiger partial charge in [-0.05, 0) is 54.7 Å². The SMILES string of the molecule is Fc1ccc(NCc2nnc(-c3ncccc3C3CCCC3)o2)cc1. The lowest BCUT2D eigenvalue weighted by atomic mass is 9.96. The van der Waals surface area contributed by atoms with Crippen molar-refractivity contribution in [3.8, 4) is 11.6 Å². The van der Waals surface area contributed by atoms with E-state index in [0.29, 0.717) is 24.2 Å². The number of hydrogen-bond acceptors (Lipinski definition) is 5. The molecule has 2 aromatic heterocycles. The summed E-state index contributed by atoms with van der Waals surface area (Å²) in [6.45, 7) is 0.379. The summed E-state index contributed by atoms with van der Waals surface area (Å²) < 4.78 is 18.7. The van der Waals surface area contributed by atoms with Crippen LogP contribution in [0.5, 0.6) is 0 Å². The van der Waals surface area contributed by atoms with Crippen molar-refractivity contribution < 1.29 is 8.81 Å². The second-order valence-corrected chi connectivity index (χ2v) is 6.28. The minimum atomic E-state index is -0.264. The van der Waals surface area contributed by atoms with Crippen molar-refractivity contribution in [1.29, 1.82) is 0 Å². The maximum atomic E-state index is 12.9. The molecule has 128 valence electrons. The van der Waals surface area contributed by atoms with E-state index in [1.165, 1.54) is 43.4 Å². The standard InChI is InChI=1S/C19H19FN4O/c20-14-7-9-15(10-8-14)22-12-17-23-24-19(25-17)18-16(6-3-11-21-18)13-4-1-2-5-13/h3,6-11,13,22H,1-2,4-5,12H2. The molecule has 6 heteroatoms. The van der Waals surface area contributed by atoms with Crippen LogP contribution in [0.4, 0.5) is 10.1 Å². The van der Waals surface area contributed by atoms with Crippen LogP contribution in [0.3, 0.4) is 0 Å². The van der Waals surface area contributed by atoms with Gasteiger partial charge in [0.1, 0.15) is 11.5 Å². The normalized spacial score (nSPS) is 14.8. The number of anilines is 1. The van der Waals surface area contributed by atoms with Crippen LogP contribution in [0.2, 0.25) is 0 Å². The van der Waals surface area contributed by atoms with E-state index in [0.717, 1.165) is 11.4 Å². The van der Waals surface area contributed by atoms with Gasteiger partial charge in [-0.2, -0.15) is 0 Å². The first kappa shape index (κ1) is 15.7. The summed E-state index contributed by atoms with van der Waals surface area (Å²) in [6.07, 6.45) is 6.65. The lowest BCUT2D eigenvalue weighted by Gasteiger charge is -2.11. The van der Waals surface area contributed by atoms with Gasteiger partial charge in [0.25, 0.3) is 5.89 Å². The van der Waals surface area contributed by atoms with Crippen molar-refractivity contribution in [3.63, 3.8) is 0 Å². The Labute approximate surface area is 145 Å². The molecule has 0 bridgehead atoms. The third-order valence-electron chi connectivity index (χ3n) is 4.59. The van der Waals surface area contributed by atoms with Crippen molar-refractivity contribution in [2.45, 2.75) is 38.1 Å². The fourth-order valence-electron chi connectivity index (χ4n) is 3.33. The van der Waals surface area contributed by atoms with E-state index in [2.05, 4.69) is 26.6 Å². The van der Waals surface area contributed by atoms with Crippen molar-refractivity contribution in [2.24, 2.45) is 0 Å². The summed E-state index contributed by atoms with van der Waals surface area (Å²) in [5.41, 5.74) is 2.78. The molecule has 1 N–H and O–H groups in total. The summed E-state index contributed by atoms with van der Waals surface area (Å²) in [5, 5.41) is 11.4. The Balaban J connectivity index is 1.50. The molecule has 1 aliphatic rings. The fraction of sp³-hybridized carbons (Fsp3) is 0.316. The Bertz CT molecular complexity index is 841. The van der Waals surface area contributed by atoms with Crippen LogP contribution in [-0.2, 0) is 6.54 Å². The molecule has 1 aliphatic carbocycles. The Hall–Kier alpha value is -2.76. The molecule has 0 spiro atoms. The van der Waals surface area contributed by atoms with Crippen molar-refractivity contribution >= 4 is 5.69 Å². The minimum absolute atomic E-state index is 0.264. The quantitative estimate of drug-likeness (QED) is 0.740. The van der Waals surface area contributed by atoms with Gasteiger partial charge >= 0.3 is 0 Å². The zero-order valence-corrected chi connectivity index (χ0v) is 13.8. The van der Waals surface area contributed by atoms with Crippen LogP contribution in [0, 0.1) is 5.82 Å². The van der Waals surface area contributed by atoms with Crippen LogP contribution < -0.4 is 5.32 Å². The van der Waals surface area contributed by atoms with Gasteiger partial charge in [0.2, 0.25) is 5.89 Å². The van der Waals surface area contributed by atoms with E-state index >= 15 is 0 Å². The molecule has 5 nitrogen and oxygen atoms in total. The highest BCUT2D eigenvalue weighted by Gasteiger charge is 2.23. The number of nitrogens with one attached hydrogen (secondary N) is 1. The van der Waals surface area contributed by atoms with Gasteiger partial charge in [0.15, 0.2) is 0 Å². The maximum Gasteiger partial charge on any atom is 0.266 e. The molecule has 0 unspecified atom stereocenters. The number of aromatic nitrogens is 3. The lowest BCUT2D eigenvalue weighted by Crippen LogP contribution is -1.99. The van der Waals surface area contributed by atoms with Crippen molar-refractivity contribution in [3.05, 3.63) is 59.9 Å². The van der Waals surface area contributed by atoms with E-state index in [9.17, 15) is 4.39 Å². The zero-order valence-electron chi connectivity index (χ0n) is 13.8. The molecule has 1 saturated carbocycles. The Morgan fingerprint density at radius 1 is 1.08 bits per heavy atom. The van der Waals surface area contributed by atoms with E-state index in [4.69, 9.17) is 4.42 Å². The highest BCUT2D eigenvalue weighted by Crippen LogP contribution is 2.37. The van der Waals surface area contributed by atoms with E-state index < -0.39 is 0 Å². The average Bonchev–Trinajstić information content (AvgIpc) is 3.33. The topological polar surface area (TPSA) is 63.8 Å². The second kappa shape index (κ2) is 7.01. The van der Waals surface area contributed by atoms with E-state index in [1.54, 1.807) is 18.3 Å². The molecular weight excluding hydrogens is 319 g/mol. The summed E-state index contributed by atoms with van der Waals surface area (Å²) in [7, 11) is 0. The predicted molar refractivity (Wildman–Crippen MR) is 92.5 cm³/mol. The largest absolute Gasteiger partial charge is 0.417 e. The molecule has 0 aliphatic heterocycles. The third-order valence-corrected chi connectivity index (χ3v) is 4.59. The summed E-state index contributed by atoms with van der Waals surface area (Å²) in [6, 6.07) is 10.2. The van der Waals surface area contributed by atoms with Crippen LogP contribution in [-0.4, -0.2) is 15.2 Å². The van der Waals surface area contributed by atoms with Gasteiger partial charge in [-0.15, -0.1) is 10.2 Å². The highest BCUT2D eigenvalue weighted by atomic mass is 19.1. The number of halogens is 1. The minimum Gasteiger partial charge on any atom is -0.417 e. The van der Waals surface area contributed by atoms with Gasteiger partial charge in [0.05, 0.1) is 6.54 Å². The molecule has 25 heavy (non-hydrogen) atoms.